The summed E-state index contributed by atoms with van der Waals surface area (Å²) in [6.07, 6.45) is 3.44. The zero-order valence-electron chi connectivity index (χ0n) is 22.6. The molecule has 202 valence electrons. The van der Waals surface area contributed by atoms with Gasteiger partial charge in [-0.2, -0.15) is 0 Å². The largest absolute Gasteiger partial charge is 0.542 e. The number of hydrogen-bond donors (Lipinski definition) is 1. The Morgan fingerprint density at radius 2 is 1.72 bits per heavy atom. The summed E-state index contributed by atoms with van der Waals surface area (Å²) in [5.41, 5.74) is 2.01. The van der Waals surface area contributed by atoms with Gasteiger partial charge in [-0.05, 0) is 54.0 Å². The van der Waals surface area contributed by atoms with E-state index < -0.39 is 14.1 Å². The lowest BCUT2D eigenvalue weighted by atomic mass is 10.1. The lowest BCUT2D eigenvalue weighted by molar-refractivity contribution is 0.438. The minimum absolute atomic E-state index is 0.0996. The summed E-state index contributed by atoms with van der Waals surface area (Å²) >= 11 is 0. The van der Waals surface area contributed by atoms with Crippen LogP contribution in [-0.4, -0.2) is 27.8 Å². The first kappa shape index (κ1) is 26.6. The van der Waals surface area contributed by atoms with Gasteiger partial charge in [0.05, 0.1) is 24.1 Å². The van der Waals surface area contributed by atoms with E-state index in [1.54, 1.807) is 61.0 Å². The molecule has 9 heteroatoms. The van der Waals surface area contributed by atoms with Crippen molar-refractivity contribution < 1.29 is 22.7 Å². The third-order valence-corrected chi connectivity index (χ3v) is 11.7. The molecule has 0 bridgehead atoms. The topological polar surface area (TPSA) is 72.8 Å². The van der Waals surface area contributed by atoms with E-state index in [0.717, 1.165) is 0 Å². The van der Waals surface area contributed by atoms with Crippen molar-refractivity contribution in [2.75, 3.05) is 0 Å². The molecule has 1 N–H and O–H groups in total. The highest BCUT2D eigenvalue weighted by molar-refractivity contribution is 6.74. The number of rotatable bonds is 7. The number of imidazole rings is 1. The summed E-state index contributed by atoms with van der Waals surface area (Å²) in [4.78, 5) is 9.36. The van der Waals surface area contributed by atoms with Crippen molar-refractivity contribution >= 4 is 14.0 Å². The molecule has 0 aliphatic carbocycles. The predicted octanol–water partition coefficient (Wildman–Crippen LogP) is 7.54. The van der Waals surface area contributed by atoms with Crippen molar-refractivity contribution in [3.8, 4) is 22.9 Å². The van der Waals surface area contributed by atoms with Crippen LogP contribution in [0.2, 0.25) is 18.1 Å². The molecule has 5 rings (SSSR count). The van der Waals surface area contributed by atoms with Crippen LogP contribution in [0, 0.1) is 11.6 Å². The molecule has 6 nitrogen and oxygen atoms in total. The van der Waals surface area contributed by atoms with Gasteiger partial charge in [-0.3, -0.25) is 4.40 Å². The van der Waals surface area contributed by atoms with Crippen LogP contribution in [0.1, 0.15) is 43.5 Å². The van der Waals surface area contributed by atoms with E-state index in [-0.39, 0.29) is 46.6 Å². The fraction of sp³-hybridized carbons (Fsp3) is 0.267. The fourth-order valence-electron chi connectivity index (χ4n) is 4.13. The quantitative estimate of drug-likeness (QED) is 0.213. The van der Waals surface area contributed by atoms with Crippen LogP contribution in [0.25, 0.3) is 16.9 Å². The molecule has 0 aliphatic heterocycles. The fourth-order valence-corrected chi connectivity index (χ4v) is 5.14. The third-order valence-electron chi connectivity index (χ3n) is 7.37. The Bertz CT molecular complexity index is 1640. The normalized spacial score (nSPS) is 12.3. The molecule has 3 aromatic heterocycles. The van der Waals surface area contributed by atoms with Gasteiger partial charge in [0.25, 0.3) is 8.32 Å². The van der Waals surface area contributed by atoms with Crippen molar-refractivity contribution in [2.24, 2.45) is 0 Å². The lowest BCUT2D eigenvalue weighted by Crippen LogP contribution is -2.44. The molecule has 2 aromatic carbocycles. The van der Waals surface area contributed by atoms with Gasteiger partial charge < -0.3 is 13.9 Å². The van der Waals surface area contributed by atoms with E-state index in [9.17, 15) is 9.50 Å². The number of nitrogens with zero attached hydrogens (tertiary/aromatic N) is 3. The molecule has 0 fully saturated rings. The number of halogens is 2. The first-order valence-corrected chi connectivity index (χ1v) is 15.7. The Hall–Kier alpha value is -3.98. The summed E-state index contributed by atoms with van der Waals surface area (Å²) in [5.74, 6) is -0.259. The Morgan fingerprint density at radius 3 is 2.41 bits per heavy atom. The minimum Gasteiger partial charge on any atom is -0.542 e. The summed E-state index contributed by atoms with van der Waals surface area (Å²) < 4.78 is 43.8. The second kappa shape index (κ2) is 9.96. The van der Waals surface area contributed by atoms with Crippen molar-refractivity contribution in [1.29, 1.82) is 0 Å². The number of hydrogen-bond acceptors (Lipinski definition) is 5. The van der Waals surface area contributed by atoms with Crippen LogP contribution < -0.4 is 4.43 Å². The smallest absolute Gasteiger partial charge is 0.250 e. The number of aromatic hydroxyl groups is 1. The third kappa shape index (κ3) is 5.18. The standard InChI is InChI=1S/C30H31F2N3O3Si/c1-30(2,3)39(4,5)38-26-14-8-12-21(27(26)32)25-18-35-28(23(33-25)16-19-10-6-7-13-22(19)31)34-24(29(35)36)17-20-11-9-15-37-20/h6-15,18,36H,16-17H2,1-5H3. The summed E-state index contributed by atoms with van der Waals surface area (Å²) in [6, 6.07) is 14.9. The lowest BCUT2D eigenvalue weighted by Gasteiger charge is -2.36. The minimum atomic E-state index is -2.32. The van der Waals surface area contributed by atoms with E-state index in [4.69, 9.17) is 13.8 Å². The second-order valence-electron chi connectivity index (χ2n) is 11.2. The van der Waals surface area contributed by atoms with E-state index in [2.05, 4.69) is 38.8 Å². The van der Waals surface area contributed by atoms with Crippen molar-refractivity contribution in [2.45, 2.75) is 51.7 Å². The van der Waals surface area contributed by atoms with Crippen LogP contribution in [0.4, 0.5) is 8.78 Å². The highest BCUT2D eigenvalue weighted by atomic mass is 28.4. The monoisotopic (exact) mass is 547 g/mol. The number of benzene rings is 2. The maximum absolute atomic E-state index is 16.0. The summed E-state index contributed by atoms with van der Waals surface area (Å²) in [7, 11) is -2.32. The van der Waals surface area contributed by atoms with Gasteiger partial charge >= 0.3 is 0 Å². The molecule has 0 atom stereocenters. The van der Waals surface area contributed by atoms with E-state index >= 15 is 4.39 Å². The molecule has 0 unspecified atom stereocenters. The van der Waals surface area contributed by atoms with E-state index in [1.807, 2.05) is 0 Å². The number of aromatic nitrogens is 3. The van der Waals surface area contributed by atoms with Gasteiger partial charge in [0.15, 0.2) is 11.5 Å². The highest BCUT2D eigenvalue weighted by Crippen LogP contribution is 2.39. The van der Waals surface area contributed by atoms with Crippen LogP contribution in [0.15, 0.2) is 71.5 Å². The molecule has 0 radical (unpaired) electrons. The van der Waals surface area contributed by atoms with Crippen LogP contribution >= 0.6 is 0 Å². The van der Waals surface area contributed by atoms with Gasteiger partial charge in [-0.1, -0.05) is 45.0 Å². The van der Waals surface area contributed by atoms with Gasteiger partial charge in [0, 0.05) is 18.2 Å². The summed E-state index contributed by atoms with van der Waals surface area (Å²) in [5, 5.41) is 11.0. The predicted molar refractivity (Wildman–Crippen MR) is 149 cm³/mol. The second-order valence-corrected chi connectivity index (χ2v) is 15.9. The molecule has 5 aromatic rings. The zero-order chi connectivity index (χ0) is 27.9. The first-order chi connectivity index (χ1) is 18.4. The molecule has 0 spiro atoms. The highest BCUT2D eigenvalue weighted by Gasteiger charge is 2.39. The van der Waals surface area contributed by atoms with E-state index in [1.165, 1.54) is 10.5 Å². The maximum Gasteiger partial charge on any atom is 0.250 e. The molecule has 0 saturated heterocycles. The number of fused-ring (bicyclic) bond motifs is 1. The Morgan fingerprint density at radius 1 is 0.949 bits per heavy atom. The summed E-state index contributed by atoms with van der Waals surface area (Å²) in [6.45, 7) is 10.4. The number of furan rings is 1. The van der Waals surface area contributed by atoms with Crippen molar-refractivity contribution in [3.63, 3.8) is 0 Å². The van der Waals surface area contributed by atoms with Gasteiger partial charge in [0.2, 0.25) is 5.88 Å². The molecular formula is C30H31F2N3O3Si. The maximum atomic E-state index is 16.0. The first-order valence-electron chi connectivity index (χ1n) is 12.8. The van der Waals surface area contributed by atoms with Crippen molar-refractivity contribution in [3.05, 3.63) is 101 Å². The average Bonchev–Trinajstić information content (AvgIpc) is 3.49. The molecule has 3 heterocycles. The van der Waals surface area contributed by atoms with Gasteiger partial charge in [-0.15, -0.1) is 0 Å². The molecule has 0 amide bonds. The van der Waals surface area contributed by atoms with Crippen LogP contribution in [0.3, 0.4) is 0 Å². The SMILES string of the molecule is CC(C)(C)[Si](C)(C)Oc1cccc(-c2cn3c(O)c(Cc4ccco4)nc3c(Cc3ccccc3F)n2)c1F. The van der Waals surface area contributed by atoms with E-state index in [0.29, 0.717) is 28.4 Å². The molecule has 0 aliphatic rings. The van der Waals surface area contributed by atoms with Crippen molar-refractivity contribution in [1.82, 2.24) is 14.4 Å². The zero-order valence-corrected chi connectivity index (χ0v) is 23.6. The Labute approximate surface area is 227 Å². The molecule has 0 saturated carbocycles. The Kier molecular flexibility index (Phi) is 6.80. The average molecular weight is 548 g/mol. The van der Waals surface area contributed by atoms with Crippen LogP contribution in [-0.2, 0) is 12.8 Å². The van der Waals surface area contributed by atoms with Gasteiger partial charge in [0.1, 0.15) is 23.0 Å². The van der Waals surface area contributed by atoms with Gasteiger partial charge in [-0.25, -0.2) is 18.7 Å². The Balaban J connectivity index is 1.65. The molecule has 39 heavy (non-hydrogen) atoms. The van der Waals surface area contributed by atoms with Crippen LogP contribution in [0.5, 0.6) is 11.6 Å². The molecular weight excluding hydrogens is 516 g/mol.